The van der Waals surface area contributed by atoms with E-state index in [1.165, 1.54) is 5.56 Å². The van der Waals surface area contributed by atoms with E-state index in [1.807, 2.05) is 39.0 Å². The SMILES string of the molecule is CC(C)(C)NC(=O)NC(=O)CN1CCN(Cc2cccc(Cl)c2)CC1. The van der Waals surface area contributed by atoms with Crippen LogP contribution in [0.15, 0.2) is 24.3 Å². The third-order valence-electron chi connectivity index (χ3n) is 3.87. The summed E-state index contributed by atoms with van der Waals surface area (Å²) in [4.78, 5) is 28.1. The van der Waals surface area contributed by atoms with E-state index in [0.29, 0.717) is 0 Å². The van der Waals surface area contributed by atoms with Gasteiger partial charge in [0.1, 0.15) is 0 Å². The first kappa shape index (κ1) is 19.7. The summed E-state index contributed by atoms with van der Waals surface area (Å²) in [7, 11) is 0. The summed E-state index contributed by atoms with van der Waals surface area (Å²) >= 11 is 6.02. The lowest BCUT2D eigenvalue weighted by Crippen LogP contribution is -2.52. The molecule has 138 valence electrons. The van der Waals surface area contributed by atoms with Gasteiger partial charge in [-0.25, -0.2) is 4.79 Å². The molecular formula is C18H27ClN4O2. The highest BCUT2D eigenvalue weighted by atomic mass is 35.5. The molecule has 0 spiro atoms. The van der Waals surface area contributed by atoms with Crippen LogP contribution in [-0.4, -0.2) is 60.0 Å². The van der Waals surface area contributed by atoms with Gasteiger partial charge in [-0.2, -0.15) is 0 Å². The van der Waals surface area contributed by atoms with Crippen LogP contribution in [0.4, 0.5) is 4.79 Å². The van der Waals surface area contributed by atoms with E-state index in [0.717, 1.165) is 37.7 Å². The molecule has 0 radical (unpaired) electrons. The Morgan fingerprint density at radius 1 is 1.12 bits per heavy atom. The van der Waals surface area contributed by atoms with Gasteiger partial charge in [-0.1, -0.05) is 23.7 Å². The Hall–Kier alpha value is -1.63. The van der Waals surface area contributed by atoms with E-state index in [4.69, 9.17) is 11.6 Å². The van der Waals surface area contributed by atoms with Crippen molar-refractivity contribution in [2.75, 3.05) is 32.7 Å². The molecule has 2 N–H and O–H groups in total. The number of rotatable bonds is 4. The van der Waals surface area contributed by atoms with Crippen LogP contribution in [0.1, 0.15) is 26.3 Å². The Kier molecular flexibility index (Phi) is 6.81. The molecule has 0 atom stereocenters. The van der Waals surface area contributed by atoms with Crippen molar-refractivity contribution in [2.24, 2.45) is 0 Å². The molecule has 1 aromatic rings. The van der Waals surface area contributed by atoms with Crippen LogP contribution in [0.3, 0.4) is 0 Å². The molecule has 0 unspecified atom stereocenters. The fourth-order valence-electron chi connectivity index (χ4n) is 2.74. The second-order valence-corrected chi connectivity index (χ2v) is 7.87. The molecule has 0 aliphatic carbocycles. The van der Waals surface area contributed by atoms with Gasteiger partial charge in [0, 0.05) is 43.3 Å². The minimum Gasteiger partial charge on any atom is -0.333 e. The van der Waals surface area contributed by atoms with Crippen molar-refractivity contribution in [3.63, 3.8) is 0 Å². The van der Waals surface area contributed by atoms with E-state index in [2.05, 4.69) is 26.5 Å². The molecule has 1 fully saturated rings. The molecular weight excluding hydrogens is 340 g/mol. The zero-order valence-corrected chi connectivity index (χ0v) is 15.9. The van der Waals surface area contributed by atoms with Gasteiger partial charge in [0.15, 0.2) is 0 Å². The average Bonchev–Trinajstić information content (AvgIpc) is 2.47. The third kappa shape index (κ3) is 7.42. The molecule has 0 aromatic heterocycles. The molecule has 2 rings (SSSR count). The summed E-state index contributed by atoms with van der Waals surface area (Å²) in [5, 5.41) is 5.85. The molecule has 0 saturated carbocycles. The third-order valence-corrected chi connectivity index (χ3v) is 4.10. The molecule has 7 heteroatoms. The minimum absolute atomic E-state index is 0.239. The van der Waals surface area contributed by atoms with Gasteiger partial charge in [-0.3, -0.25) is 19.9 Å². The predicted octanol–water partition coefficient (Wildman–Crippen LogP) is 2.08. The predicted molar refractivity (Wildman–Crippen MR) is 99.6 cm³/mol. The number of hydrogen-bond donors (Lipinski definition) is 2. The van der Waals surface area contributed by atoms with E-state index in [1.54, 1.807) is 0 Å². The maximum absolute atomic E-state index is 12.0. The Labute approximate surface area is 154 Å². The zero-order valence-electron chi connectivity index (χ0n) is 15.1. The van der Waals surface area contributed by atoms with Crippen molar-refractivity contribution < 1.29 is 9.59 Å². The van der Waals surface area contributed by atoms with Crippen LogP contribution >= 0.6 is 11.6 Å². The Bertz CT molecular complexity index is 607. The lowest BCUT2D eigenvalue weighted by molar-refractivity contribution is -0.121. The van der Waals surface area contributed by atoms with Crippen molar-refractivity contribution in [3.8, 4) is 0 Å². The first-order chi connectivity index (χ1) is 11.7. The molecule has 25 heavy (non-hydrogen) atoms. The molecule has 1 aliphatic heterocycles. The maximum atomic E-state index is 12.0. The summed E-state index contributed by atoms with van der Waals surface area (Å²) in [5.41, 5.74) is 0.827. The van der Waals surface area contributed by atoms with Crippen LogP contribution in [0, 0.1) is 0 Å². The van der Waals surface area contributed by atoms with Crippen LogP contribution < -0.4 is 10.6 Å². The van der Waals surface area contributed by atoms with Crippen LogP contribution in [0.2, 0.25) is 5.02 Å². The minimum atomic E-state index is -0.447. The normalized spacial score (nSPS) is 16.5. The summed E-state index contributed by atoms with van der Waals surface area (Å²) in [6.07, 6.45) is 0. The smallest absolute Gasteiger partial charge is 0.321 e. The number of nitrogens with one attached hydrogen (secondary N) is 2. The van der Waals surface area contributed by atoms with Gasteiger partial charge >= 0.3 is 6.03 Å². The number of carbonyl (C=O) groups excluding carboxylic acids is 2. The summed E-state index contributed by atoms with van der Waals surface area (Å²) in [6.45, 7) is 10.1. The van der Waals surface area contributed by atoms with Crippen LogP contribution in [-0.2, 0) is 11.3 Å². The molecule has 1 heterocycles. The highest BCUT2D eigenvalue weighted by Gasteiger charge is 2.21. The largest absolute Gasteiger partial charge is 0.333 e. The molecule has 1 aliphatic rings. The second kappa shape index (κ2) is 8.65. The summed E-state index contributed by atoms with van der Waals surface area (Å²) < 4.78 is 0. The van der Waals surface area contributed by atoms with E-state index in [-0.39, 0.29) is 18.0 Å². The molecule has 1 saturated heterocycles. The fourth-order valence-corrected chi connectivity index (χ4v) is 2.95. The van der Waals surface area contributed by atoms with Crippen LogP contribution in [0.5, 0.6) is 0 Å². The van der Waals surface area contributed by atoms with Gasteiger partial charge in [0.25, 0.3) is 0 Å². The number of hydrogen-bond acceptors (Lipinski definition) is 4. The van der Waals surface area contributed by atoms with E-state index in [9.17, 15) is 9.59 Å². The van der Waals surface area contributed by atoms with Crippen molar-refractivity contribution >= 4 is 23.5 Å². The Morgan fingerprint density at radius 3 is 2.36 bits per heavy atom. The zero-order chi connectivity index (χ0) is 18.4. The number of urea groups is 1. The molecule has 0 bridgehead atoms. The lowest BCUT2D eigenvalue weighted by atomic mass is 10.1. The first-order valence-corrected chi connectivity index (χ1v) is 8.90. The van der Waals surface area contributed by atoms with Crippen molar-refractivity contribution in [2.45, 2.75) is 32.9 Å². The standard InChI is InChI=1S/C18H27ClN4O2/c1-18(2,3)21-17(25)20-16(24)13-23-9-7-22(8-10-23)12-14-5-4-6-15(19)11-14/h4-6,11H,7-10,12-13H2,1-3H3,(H2,20,21,24,25). The quantitative estimate of drug-likeness (QED) is 0.856. The first-order valence-electron chi connectivity index (χ1n) is 8.52. The Balaban J connectivity index is 1.71. The van der Waals surface area contributed by atoms with Gasteiger partial charge < -0.3 is 5.32 Å². The molecule has 6 nitrogen and oxygen atoms in total. The number of carbonyl (C=O) groups is 2. The molecule has 1 aromatic carbocycles. The monoisotopic (exact) mass is 366 g/mol. The highest BCUT2D eigenvalue weighted by Crippen LogP contribution is 2.13. The lowest BCUT2D eigenvalue weighted by Gasteiger charge is -2.34. The number of amides is 3. The van der Waals surface area contributed by atoms with Crippen molar-refractivity contribution in [1.29, 1.82) is 0 Å². The number of piperazine rings is 1. The van der Waals surface area contributed by atoms with Gasteiger partial charge in [0.2, 0.25) is 5.91 Å². The second-order valence-electron chi connectivity index (χ2n) is 7.43. The topological polar surface area (TPSA) is 64.7 Å². The number of nitrogens with zero attached hydrogens (tertiary/aromatic N) is 2. The number of halogens is 1. The van der Waals surface area contributed by atoms with Crippen molar-refractivity contribution in [1.82, 2.24) is 20.4 Å². The van der Waals surface area contributed by atoms with Gasteiger partial charge in [0.05, 0.1) is 6.54 Å². The van der Waals surface area contributed by atoms with E-state index < -0.39 is 6.03 Å². The highest BCUT2D eigenvalue weighted by molar-refractivity contribution is 6.30. The van der Waals surface area contributed by atoms with Crippen LogP contribution in [0.25, 0.3) is 0 Å². The van der Waals surface area contributed by atoms with Crippen molar-refractivity contribution in [3.05, 3.63) is 34.9 Å². The van der Waals surface area contributed by atoms with E-state index >= 15 is 0 Å². The maximum Gasteiger partial charge on any atom is 0.321 e. The Morgan fingerprint density at radius 2 is 1.76 bits per heavy atom. The number of benzene rings is 1. The average molecular weight is 367 g/mol. The van der Waals surface area contributed by atoms with Gasteiger partial charge in [-0.15, -0.1) is 0 Å². The molecule has 3 amide bonds. The fraction of sp³-hybridized carbons (Fsp3) is 0.556. The summed E-state index contributed by atoms with van der Waals surface area (Å²) in [5.74, 6) is -0.273. The van der Waals surface area contributed by atoms with Gasteiger partial charge in [-0.05, 0) is 38.5 Å². The summed E-state index contributed by atoms with van der Waals surface area (Å²) in [6, 6.07) is 7.43. The number of imide groups is 1.